The molecule has 6 heteroatoms. The maximum absolute atomic E-state index is 12.7. The molecule has 2 rings (SSSR count). The minimum Gasteiger partial charge on any atom is -0.467 e. The normalized spacial score (nSPS) is 10.2. The number of amides is 1. The molecule has 4 nitrogen and oxygen atoms in total. The van der Waals surface area contributed by atoms with Crippen LogP contribution in [0.4, 0.5) is 0 Å². The van der Waals surface area contributed by atoms with Gasteiger partial charge in [0.05, 0.1) is 12.1 Å². The second kappa shape index (κ2) is 9.60. The van der Waals surface area contributed by atoms with Gasteiger partial charge in [0.1, 0.15) is 12.0 Å². The SMILES string of the molecule is CCCCN(Cc1ccccc1Cl)C(=O)c1coc(CN)c1.Cl. The van der Waals surface area contributed by atoms with Crippen molar-refractivity contribution in [2.45, 2.75) is 32.9 Å². The summed E-state index contributed by atoms with van der Waals surface area (Å²) in [6.07, 6.45) is 3.43. The molecule has 0 aliphatic carbocycles. The fourth-order valence-electron chi connectivity index (χ4n) is 2.22. The van der Waals surface area contributed by atoms with Gasteiger partial charge in [0, 0.05) is 18.1 Å². The molecule has 1 heterocycles. The zero-order chi connectivity index (χ0) is 15.9. The van der Waals surface area contributed by atoms with E-state index >= 15 is 0 Å². The van der Waals surface area contributed by atoms with Crippen LogP contribution in [0.5, 0.6) is 0 Å². The van der Waals surface area contributed by atoms with E-state index in [9.17, 15) is 4.79 Å². The summed E-state index contributed by atoms with van der Waals surface area (Å²) in [6, 6.07) is 9.29. The summed E-state index contributed by atoms with van der Waals surface area (Å²) in [6.45, 7) is 3.56. The topological polar surface area (TPSA) is 59.5 Å². The first-order valence-electron chi connectivity index (χ1n) is 7.45. The highest BCUT2D eigenvalue weighted by molar-refractivity contribution is 6.31. The molecule has 2 N–H and O–H groups in total. The Kier molecular flexibility index (Phi) is 8.17. The van der Waals surface area contributed by atoms with Crippen molar-refractivity contribution in [3.05, 3.63) is 58.5 Å². The largest absolute Gasteiger partial charge is 0.467 e. The minimum absolute atomic E-state index is 0. The van der Waals surface area contributed by atoms with Crippen molar-refractivity contribution in [3.63, 3.8) is 0 Å². The Balaban J connectivity index is 0.00000264. The van der Waals surface area contributed by atoms with E-state index in [0.29, 0.717) is 29.4 Å². The Labute approximate surface area is 148 Å². The number of carbonyl (C=O) groups excluding carboxylic acids is 1. The van der Waals surface area contributed by atoms with E-state index in [2.05, 4.69) is 6.92 Å². The highest BCUT2D eigenvalue weighted by Gasteiger charge is 2.18. The molecule has 0 radical (unpaired) electrons. The lowest BCUT2D eigenvalue weighted by Gasteiger charge is -2.22. The molecule has 126 valence electrons. The molecule has 1 aromatic heterocycles. The van der Waals surface area contributed by atoms with Crippen LogP contribution in [0.2, 0.25) is 5.02 Å². The fraction of sp³-hybridized carbons (Fsp3) is 0.353. The van der Waals surface area contributed by atoms with Crippen LogP contribution in [0, 0.1) is 0 Å². The van der Waals surface area contributed by atoms with Crippen LogP contribution in [-0.4, -0.2) is 17.4 Å². The maximum atomic E-state index is 12.7. The number of unbranched alkanes of at least 4 members (excludes halogenated alkanes) is 1. The average molecular weight is 357 g/mol. The van der Waals surface area contributed by atoms with Gasteiger partial charge in [0.25, 0.3) is 5.91 Å². The molecular weight excluding hydrogens is 335 g/mol. The summed E-state index contributed by atoms with van der Waals surface area (Å²) in [5.41, 5.74) is 7.00. The molecule has 0 unspecified atom stereocenters. The Bertz CT molecular complexity index is 629. The third-order valence-corrected chi connectivity index (χ3v) is 3.86. The van der Waals surface area contributed by atoms with Crippen molar-refractivity contribution >= 4 is 29.9 Å². The first kappa shape index (κ1) is 19.6. The molecule has 1 aromatic carbocycles. The van der Waals surface area contributed by atoms with Gasteiger partial charge in [-0.3, -0.25) is 4.79 Å². The summed E-state index contributed by atoms with van der Waals surface area (Å²) in [7, 11) is 0. The molecule has 0 aliphatic heterocycles. The number of halogens is 2. The predicted octanol–water partition coefficient (Wildman–Crippen LogP) is 4.26. The number of furan rings is 1. The zero-order valence-electron chi connectivity index (χ0n) is 13.1. The number of hydrogen-bond donors (Lipinski definition) is 1. The molecule has 2 aromatic rings. The number of rotatable bonds is 7. The first-order chi connectivity index (χ1) is 10.7. The number of carbonyl (C=O) groups is 1. The standard InChI is InChI=1S/C17H21ClN2O2.ClH/c1-2-3-8-20(11-13-6-4-5-7-16(13)18)17(21)14-9-15(10-19)22-12-14;/h4-7,9,12H,2-3,8,10-11,19H2,1H3;1H. The molecule has 0 bridgehead atoms. The minimum atomic E-state index is -0.0585. The lowest BCUT2D eigenvalue weighted by molar-refractivity contribution is 0.0740. The monoisotopic (exact) mass is 356 g/mol. The van der Waals surface area contributed by atoms with Crippen LogP contribution in [-0.2, 0) is 13.1 Å². The van der Waals surface area contributed by atoms with Crippen molar-refractivity contribution in [1.82, 2.24) is 4.90 Å². The van der Waals surface area contributed by atoms with Gasteiger partial charge in [0.2, 0.25) is 0 Å². The predicted molar refractivity (Wildman–Crippen MR) is 94.9 cm³/mol. The fourth-order valence-corrected chi connectivity index (χ4v) is 2.41. The van der Waals surface area contributed by atoms with Crippen molar-refractivity contribution in [2.24, 2.45) is 5.73 Å². The van der Waals surface area contributed by atoms with E-state index in [1.807, 2.05) is 24.3 Å². The smallest absolute Gasteiger partial charge is 0.257 e. The Hall–Kier alpha value is -1.49. The highest BCUT2D eigenvalue weighted by Crippen LogP contribution is 2.19. The van der Waals surface area contributed by atoms with Crippen LogP contribution in [0.25, 0.3) is 0 Å². The van der Waals surface area contributed by atoms with E-state index in [0.717, 1.165) is 18.4 Å². The van der Waals surface area contributed by atoms with E-state index in [1.165, 1.54) is 6.26 Å². The molecule has 0 spiro atoms. The molecule has 1 amide bonds. The van der Waals surface area contributed by atoms with E-state index in [1.54, 1.807) is 11.0 Å². The average Bonchev–Trinajstić information content (AvgIpc) is 3.01. The highest BCUT2D eigenvalue weighted by atomic mass is 35.5. The summed E-state index contributed by atoms with van der Waals surface area (Å²) in [4.78, 5) is 14.5. The maximum Gasteiger partial charge on any atom is 0.257 e. The van der Waals surface area contributed by atoms with Gasteiger partial charge in [-0.1, -0.05) is 43.1 Å². The first-order valence-corrected chi connectivity index (χ1v) is 7.83. The van der Waals surface area contributed by atoms with Crippen molar-refractivity contribution in [3.8, 4) is 0 Å². The van der Waals surface area contributed by atoms with Crippen molar-refractivity contribution in [2.75, 3.05) is 6.54 Å². The van der Waals surface area contributed by atoms with Crippen LogP contribution < -0.4 is 5.73 Å². The van der Waals surface area contributed by atoms with Crippen LogP contribution >= 0.6 is 24.0 Å². The number of hydrogen-bond acceptors (Lipinski definition) is 3. The van der Waals surface area contributed by atoms with Crippen LogP contribution in [0.3, 0.4) is 0 Å². The van der Waals surface area contributed by atoms with Gasteiger partial charge >= 0.3 is 0 Å². The number of nitrogens with zero attached hydrogens (tertiary/aromatic N) is 1. The molecule has 23 heavy (non-hydrogen) atoms. The van der Waals surface area contributed by atoms with E-state index in [-0.39, 0.29) is 24.9 Å². The molecule has 0 saturated carbocycles. The second-order valence-electron chi connectivity index (χ2n) is 5.18. The molecule has 0 fully saturated rings. The van der Waals surface area contributed by atoms with E-state index < -0.39 is 0 Å². The summed E-state index contributed by atoms with van der Waals surface area (Å²) in [5, 5.41) is 0.673. The van der Waals surface area contributed by atoms with Crippen molar-refractivity contribution < 1.29 is 9.21 Å². The van der Waals surface area contributed by atoms with E-state index in [4.69, 9.17) is 21.8 Å². The quantitative estimate of drug-likeness (QED) is 0.806. The van der Waals surface area contributed by atoms with Gasteiger partial charge in [-0.05, 0) is 24.1 Å². The zero-order valence-corrected chi connectivity index (χ0v) is 14.7. The molecule has 0 saturated heterocycles. The summed E-state index contributed by atoms with van der Waals surface area (Å²) < 4.78 is 5.26. The third-order valence-electron chi connectivity index (χ3n) is 3.49. The van der Waals surface area contributed by atoms with Gasteiger partial charge in [-0.15, -0.1) is 12.4 Å². The van der Waals surface area contributed by atoms with Crippen LogP contribution in [0.15, 0.2) is 41.0 Å². The number of benzene rings is 1. The van der Waals surface area contributed by atoms with Gasteiger partial charge in [-0.2, -0.15) is 0 Å². The summed E-state index contributed by atoms with van der Waals surface area (Å²) in [5.74, 6) is 0.549. The summed E-state index contributed by atoms with van der Waals surface area (Å²) >= 11 is 6.21. The molecule has 0 aliphatic rings. The lowest BCUT2D eigenvalue weighted by Crippen LogP contribution is -2.31. The van der Waals surface area contributed by atoms with Crippen LogP contribution in [0.1, 0.15) is 41.4 Å². The van der Waals surface area contributed by atoms with Gasteiger partial charge < -0.3 is 15.1 Å². The second-order valence-corrected chi connectivity index (χ2v) is 5.58. The molecule has 0 atom stereocenters. The lowest BCUT2D eigenvalue weighted by atomic mass is 10.1. The van der Waals surface area contributed by atoms with Gasteiger partial charge in [0.15, 0.2) is 0 Å². The molecular formula is C17H22Cl2N2O2. The Morgan fingerprint density at radius 1 is 1.35 bits per heavy atom. The Morgan fingerprint density at radius 2 is 2.09 bits per heavy atom. The van der Waals surface area contributed by atoms with Gasteiger partial charge in [-0.25, -0.2) is 0 Å². The third kappa shape index (κ3) is 5.27. The Morgan fingerprint density at radius 3 is 2.70 bits per heavy atom. The van der Waals surface area contributed by atoms with Crippen molar-refractivity contribution in [1.29, 1.82) is 0 Å². The number of nitrogens with two attached hydrogens (primary N) is 1.